The van der Waals surface area contributed by atoms with Gasteiger partial charge >= 0.3 is 12.1 Å². The summed E-state index contributed by atoms with van der Waals surface area (Å²) in [5, 5.41) is 2.51. The molecule has 0 bridgehead atoms. The Balaban J connectivity index is 1.54. The average Bonchev–Trinajstić information content (AvgIpc) is 2.80. The number of alkyl halides is 3. The fourth-order valence-electron chi connectivity index (χ4n) is 3.56. The number of ether oxygens (including phenoxy) is 2. The van der Waals surface area contributed by atoms with E-state index in [9.17, 15) is 31.2 Å². The monoisotopic (exact) mass is 514 g/mol. The van der Waals surface area contributed by atoms with E-state index < -0.39 is 33.6 Å². The number of esters is 1. The average molecular weight is 515 g/mol. The van der Waals surface area contributed by atoms with Crippen LogP contribution in [0.3, 0.4) is 0 Å². The van der Waals surface area contributed by atoms with Gasteiger partial charge in [-0.15, -0.1) is 0 Å². The molecule has 2 aromatic rings. The number of hydrogen-bond acceptors (Lipinski definition) is 6. The molecule has 0 aliphatic carbocycles. The van der Waals surface area contributed by atoms with Gasteiger partial charge in [-0.2, -0.15) is 17.5 Å². The SMILES string of the molecule is C[C@@H]1CN(S(=O)(=O)c2cccc(C(=O)NCCOC(=O)c3ccc(C(F)(F)F)cc3)c2)C[C@H](C)O1. The Labute approximate surface area is 201 Å². The smallest absolute Gasteiger partial charge is 0.416 e. The molecule has 35 heavy (non-hydrogen) atoms. The van der Waals surface area contributed by atoms with Gasteiger partial charge in [0.15, 0.2) is 0 Å². The topological polar surface area (TPSA) is 102 Å². The van der Waals surface area contributed by atoms with Crippen molar-refractivity contribution >= 4 is 21.9 Å². The minimum atomic E-state index is -4.51. The Morgan fingerprint density at radius 2 is 1.69 bits per heavy atom. The highest BCUT2D eigenvalue weighted by Crippen LogP contribution is 2.29. The first kappa shape index (κ1) is 26.6. The maximum absolute atomic E-state index is 13.0. The van der Waals surface area contributed by atoms with Crippen molar-refractivity contribution in [1.29, 1.82) is 0 Å². The quantitative estimate of drug-likeness (QED) is 0.450. The van der Waals surface area contributed by atoms with E-state index in [0.717, 1.165) is 24.3 Å². The summed E-state index contributed by atoms with van der Waals surface area (Å²) in [5.41, 5.74) is -0.841. The number of nitrogens with one attached hydrogen (secondary N) is 1. The summed E-state index contributed by atoms with van der Waals surface area (Å²) in [6, 6.07) is 9.14. The van der Waals surface area contributed by atoms with Crippen LogP contribution in [-0.2, 0) is 25.7 Å². The molecule has 1 fully saturated rings. The molecule has 3 rings (SSSR count). The lowest BCUT2D eigenvalue weighted by molar-refractivity contribution is -0.137. The molecule has 1 saturated heterocycles. The van der Waals surface area contributed by atoms with Gasteiger partial charge in [-0.05, 0) is 56.3 Å². The van der Waals surface area contributed by atoms with Crippen LogP contribution in [0, 0.1) is 0 Å². The van der Waals surface area contributed by atoms with Crippen LogP contribution >= 0.6 is 0 Å². The number of sulfonamides is 1. The third-order valence-electron chi connectivity index (χ3n) is 5.19. The fourth-order valence-corrected chi connectivity index (χ4v) is 5.20. The number of carbonyl (C=O) groups is 2. The van der Waals surface area contributed by atoms with Gasteiger partial charge in [-0.3, -0.25) is 4.79 Å². The number of halogens is 3. The highest BCUT2D eigenvalue weighted by molar-refractivity contribution is 7.89. The summed E-state index contributed by atoms with van der Waals surface area (Å²) >= 11 is 0. The molecule has 2 aromatic carbocycles. The van der Waals surface area contributed by atoms with E-state index >= 15 is 0 Å². The standard InChI is InChI=1S/C23H25F3N2O6S/c1-15-13-28(14-16(2)34-15)35(31,32)20-5-3-4-18(12-20)21(29)27-10-11-33-22(30)17-6-8-19(9-7-17)23(24,25)26/h3-9,12,15-16H,10-11,13-14H2,1-2H3,(H,27,29)/t15-,16+. The zero-order valence-electron chi connectivity index (χ0n) is 19.0. The molecule has 12 heteroatoms. The third kappa shape index (κ3) is 6.80. The molecule has 0 spiro atoms. The third-order valence-corrected chi connectivity index (χ3v) is 7.02. The van der Waals surface area contributed by atoms with E-state index in [2.05, 4.69) is 5.32 Å². The number of benzene rings is 2. The predicted molar refractivity (Wildman–Crippen MR) is 119 cm³/mol. The Bertz CT molecular complexity index is 1160. The first-order valence-electron chi connectivity index (χ1n) is 10.8. The first-order chi connectivity index (χ1) is 16.4. The number of nitrogens with zero attached hydrogens (tertiary/aromatic N) is 1. The Morgan fingerprint density at radius 3 is 2.29 bits per heavy atom. The maximum atomic E-state index is 13.0. The number of morpholine rings is 1. The predicted octanol–water partition coefficient (Wildman–Crippen LogP) is 3.09. The molecule has 0 radical (unpaired) electrons. The molecule has 0 aromatic heterocycles. The number of amides is 1. The lowest BCUT2D eigenvalue weighted by atomic mass is 10.1. The van der Waals surface area contributed by atoms with Crippen molar-refractivity contribution in [2.24, 2.45) is 0 Å². The summed E-state index contributed by atoms with van der Waals surface area (Å²) in [7, 11) is -3.83. The molecule has 1 aliphatic heterocycles. The summed E-state index contributed by atoms with van der Waals surface area (Å²) < 4.78 is 75.7. The van der Waals surface area contributed by atoms with Gasteiger partial charge in [-0.25, -0.2) is 13.2 Å². The first-order valence-corrected chi connectivity index (χ1v) is 12.2. The maximum Gasteiger partial charge on any atom is 0.416 e. The molecule has 8 nitrogen and oxygen atoms in total. The number of hydrogen-bond donors (Lipinski definition) is 1. The van der Waals surface area contributed by atoms with Crippen molar-refractivity contribution in [3.05, 3.63) is 65.2 Å². The molecular formula is C23H25F3N2O6S. The lowest BCUT2D eigenvalue weighted by Gasteiger charge is -2.34. The Hall–Kier alpha value is -2.96. The molecule has 2 atom stereocenters. The molecule has 190 valence electrons. The minimum absolute atomic E-state index is 0.0276. The van der Waals surface area contributed by atoms with E-state index in [-0.39, 0.29) is 54.5 Å². The number of carbonyl (C=O) groups excluding carboxylic acids is 2. The second-order valence-corrected chi connectivity index (χ2v) is 10.0. The van der Waals surface area contributed by atoms with Crippen LogP contribution in [0.25, 0.3) is 0 Å². The van der Waals surface area contributed by atoms with Gasteiger partial charge in [0.05, 0.1) is 34.8 Å². The second-order valence-electron chi connectivity index (χ2n) is 8.07. The highest BCUT2D eigenvalue weighted by atomic mass is 32.2. The number of rotatable bonds is 7. The van der Waals surface area contributed by atoms with Crippen LogP contribution in [0.15, 0.2) is 53.4 Å². The van der Waals surface area contributed by atoms with E-state index in [1.165, 1.54) is 28.6 Å². The largest absolute Gasteiger partial charge is 0.460 e. The van der Waals surface area contributed by atoms with Gasteiger partial charge < -0.3 is 14.8 Å². The van der Waals surface area contributed by atoms with Gasteiger partial charge in [-0.1, -0.05) is 6.07 Å². The molecule has 0 saturated carbocycles. The van der Waals surface area contributed by atoms with Crippen molar-refractivity contribution in [2.75, 3.05) is 26.2 Å². The normalized spacial score (nSPS) is 19.2. The minimum Gasteiger partial charge on any atom is -0.460 e. The molecular weight excluding hydrogens is 489 g/mol. The van der Waals surface area contributed by atoms with E-state index in [0.29, 0.717) is 0 Å². The summed E-state index contributed by atoms with van der Waals surface area (Å²) in [4.78, 5) is 24.4. The summed E-state index contributed by atoms with van der Waals surface area (Å²) in [5.74, 6) is -1.41. The van der Waals surface area contributed by atoms with Crippen molar-refractivity contribution in [3.63, 3.8) is 0 Å². The van der Waals surface area contributed by atoms with Gasteiger partial charge in [0.25, 0.3) is 5.91 Å². The van der Waals surface area contributed by atoms with Crippen LogP contribution in [0.5, 0.6) is 0 Å². The fraction of sp³-hybridized carbons (Fsp3) is 0.391. The van der Waals surface area contributed by atoms with Gasteiger partial charge in [0, 0.05) is 18.7 Å². The van der Waals surface area contributed by atoms with Crippen LogP contribution < -0.4 is 5.32 Å². The van der Waals surface area contributed by atoms with Gasteiger partial charge in [0.1, 0.15) is 6.61 Å². The zero-order chi connectivity index (χ0) is 25.8. The van der Waals surface area contributed by atoms with E-state index in [4.69, 9.17) is 9.47 Å². The zero-order valence-corrected chi connectivity index (χ0v) is 19.9. The van der Waals surface area contributed by atoms with Crippen LogP contribution in [0.4, 0.5) is 13.2 Å². The summed E-state index contributed by atoms with van der Waals surface area (Å²) in [6.07, 6.45) is -5.03. The lowest BCUT2D eigenvalue weighted by Crippen LogP contribution is -2.48. The van der Waals surface area contributed by atoms with Crippen molar-refractivity contribution in [1.82, 2.24) is 9.62 Å². The van der Waals surface area contributed by atoms with Crippen molar-refractivity contribution in [3.8, 4) is 0 Å². The molecule has 1 amide bonds. The molecule has 1 N–H and O–H groups in total. The second kappa shape index (κ2) is 10.8. The molecule has 0 unspecified atom stereocenters. The highest BCUT2D eigenvalue weighted by Gasteiger charge is 2.32. The van der Waals surface area contributed by atoms with Crippen LogP contribution in [0.1, 0.15) is 40.1 Å². The molecule has 1 aliphatic rings. The van der Waals surface area contributed by atoms with E-state index in [1.807, 2.05) is 0 Å². The van der Waals surface area contributed by atoms with Crippen LogP contribution in [0.2, 0.25) is 0 Å². The Morgan fingerprint density at radius 1 is 1.06 bits per heavy atom. The Kier molecular flexibility index (Phi) is 8.18. The van der Waals surface area contributed by atoms with E-state index in [1.54, 1.807) is 13.8 Å². The van der Waals surface area contributed by atoms with Crippen molar-refractivity contribution < 1.29 is 40.7 Å². The van der Waals surface area contributed by atoms with Gasteiger partial charge in [0.2, 0.25) is 10.0 Å². The summed E-state index contributed by atoms with van der Waals surface area (Å²) in [6.45, 7) is 3.66. The van der Waals surface area contributed by atoms with Crippen LogP contribution in [-0.4, -0.2) is 63.0 Å². The van der Waals surface area contributed by atoms with Crippen molar-refractivity contribution in [2.45, 2.75) is 37.1 Å². The molecule has 1 heterocycles.